The Bertz CT molecular complexity index is 279. The van der Waals surface area contributed by atoms with Gasteiger partial charge in [-0.1, -0.05) is 19.1 Å². The quantitative estimate of drug-likeness (QED) is 0.673. The van der Waals surface area contributed by atoms with Gasteiger partial charge in [-0.15, -0.1) is 11.8 Å². The molecule has 0 N–H and O–H groups in total. The van der Waals surface area contributed by atoms with Crippen LogP contribution in [0.25, 0.3) is 0 Å². The van der Waals surface area contributed by atoms with Gasteiger partial charge in [-0.25, -0.2) is 0 Å². The van der Waals surface area contributed by atoms with Crippen LogP contribution in [0, 0.1) is 5.92 Å². The predicted octanol–water partition coefficient (Wildman–Crippen LogP) is 2.61. The zero-order valence-electron chi connectivity index (χ0n) is 9.36. The topological polar surface area (TPSA) is 21.8 Å². The highest BCUT2D eigenvalue weighted by Crippen LogP contribution is 2.34. The summed E-state index contributed by atoms with van der Waals surface area (Å²) in [6.07, 6.45) is 6.16. The van der Waals surface area contributed by atoms with Gasteiger partial charge in [0.25, 0.3) is 0 Å². The number of allylic oxidation sites excluding steroid dienone is 3. The van der Waals surface area contributed by atoms with Gasteiger partial charge in [0.15, 0.2) is 0 Å². The lowest BCUT2D eigenvalue weighted by atomic mass is 10.0. The number of epoxide rings is 1. The van der Waals surface area contributed by atoms with E-state index in [1.807, 2.05) is 11.8 Å². The van der Waals surface area contributed by atoms with E-state index < -0.39 is 0 Å². The molecule has 1 saturated heterocycles. The van der Waals surface area contributed by atoms with E-state index >= 15 is 0 Å². The number of thioether (sulfide) groups is 1. The minimum absolute atomic E-state index is 0.533. The molecule has 2 rings (SSSR count). The van der Waals surface area contributed by atoms with E-state index in [0.717, 1.165) is 19.0 Å². The smallest absolute Gasteiger partial charge is 0.0815 e. The highest BCUT2D eigenvalue weighted by molar-refractivity contribution is 8.03. The lowest BCUT2D eigenvalue weighted by Crippen LogP contribution is -2.06. The van der Waals surface area contributed by atoms with E-state index in [9.17, 15) is 0 Å². The minimum Gasteiger partial charge on any atom is -0.380 e. The normalized spacial score (nSPS) is 26.9. The Hall–Kier alpha value is -0.250. The Labute approximate surface area is 95.7 Å². The van der Waals surface area contributed by atoms with Crippen molar-refractivity contribution in [1.29, 1.82) is 0 Å². The first-order chi connectivity index (χ1) is 7.29. The van der Waals surface area contributed by atoms with Gasteiger partial charge in [0.2, 0.25) is 0 Å². The predicted molar refractivity (Wildman–Crippen MR) is 64.0 cm³/mol. The fraction of sp³-hybridized carbons (Fsp3) is 0.667. The second-order valence-electron chi connectivity index (χ2n) is 4.21. The molecule has 2 aliphatic rings. The van der Waals surface area contributed by atoms with Crippen LogP contribution in [-0.2, 0) is 9.47 Å². The molecule has 2 nitrogen and oxygen atoms in total. The molecule has 2 aliphatic heterocycles. The van der Waals surface area contributed by atoms with E-state index in [0.29, 0.717) is 12.0 Å². The van der Waals surface area contributed by atoms with Crippen LogP contribution in [-0.4, -0.2) is 32.2 Å². The molecule has 0 aromatic carbocycles. The summed E-state index contributed by atoms with van der Waals surface area (Å²) in [5.74, 6) is 1.72. The highest BCUT2D eigenvalue weighted by Gasteiger charge is 2.26. The zero-order valence-corrected chi connectivity index (χ0v) is 10.2. The Kier molecular flexibility index (Phi) is 3.89. The van der Waals surface area contributed by atoms with E-state index in [-0.39, 0.29) is 0 Å². The largest absolute Gasteiger partial charge is 0.380 e. The second kappa shape index (κ2) is 5.19. The van der Waals surface area contributed by atoms with Crippen molar-refractivity contribution in [3.8, 4) is 0 Å². The molecule has 15 heavy (non-hydrogen) atoms. The lowest BCUT2D eigenvalue weighted by molar-refractivity contribution is 0.226. The Morgan fingerprint density at radius 1 is 1.60 bits per heavy atom. The fourth-order valence-corrected chi connectivity index (χ4v) is 2.85. The SMILES string of the molecule is COCC1=CC=C(C(C)C[C@@H]2CO2)SC1. The molecule has 1 unspecified atom stereocenters. The van der Waals surface area contributed by atoms with E-state index in [2.05, 4.69) is 19.1 Å². The van der Waals surface area contributed by atoms with Crippen molar-refractivity contribution >= 4 is 11.8 Å². The first kappa shape index (κ1) is 11.2. The van der Waals surface area contributed by atoms with Gasteiger partial charge in [-0.2, -0.15) is 0 Å². The summed E-state index contributed by atoms with van der Waals surface area (Å²) < 4.78 is 10.4. The summed E-state index contributed by atoms with van der Waals surface area (Å²) in [7, 11) is 1.75. The van der Waals surface area contributed by atoms with Crippen LogP contribution in [0.15, 0.2) is 22.6 Å². The minimum atomic E-state index is 0.533. The lowest BCUT2D eigenvalue weighted by Gasteiger charge is -2.18. The Balaban J connectivity index is 1.87. The Morgan fingerprint density at radius 2 is 2.40 bits per heavy atom. The van der Waals surface area contributed by atoms with Crippen molar-refractivity contribution in [2.24, 2.45) is 5.92 Å². The van der Waals surface area contributed by atoms with Crippen LogP contribution in [0.3, 0.4) is 0 Å². The third-order valence-electron chi connectivity index (χ3n) is 2.74. The monoisotopic (exact) mass is 226 g/mol. The van der Waals surface area contributed by atoms with E-state index in [1.165, 1.54) is 16.9 Å². The first-order valence-electron chi connectivity index (χ1n) is 5.42. The average molecular weight is 226 g/mol. The van der Waals surface area contributed by atoms with Gasteiger partial charge in [-0.05, 0) is 22.8 Å². The molecule has 2 heterocycles. The number of methoxy groups -OCH3 is 1. The van der Waals surface area contributed by atoms with Crippen molar-refractivity contribution in [3.05, 3.63) is 22.6 Å². The molecule has 0 bridgehead atoms. The maximum Gasteiger partial charge on any atom is 0.0815 e. The van der Waals surface area contributed by atoms with Crippen LogP contribution >= 0.6 is 11.8 Å². The van der Waals surface area contributed by atoms with E-state index in [4.69, 9.17) is 9.47 Å². The maximum absolute atomic E-state index is 5.26. The molecule has 0 spiro atoms. The summed E-state index contributed by atoms with van der Waals surface area (Å²) in [5, 5.41) is 0. The van der Waals surface area contributed by atoms with Crippen molar-refractivity contribution in [2.75, 3.05) is 26.1 Å². The van der Waals surface area contributed by atoms with Crippen molar-refractivity contribution in [2.45, 2.75) is 19.4 Å². The summed E-state index contributed by atoms with van der Waals surface area (Å²) in [6.45, 7) is 4.01. The van der Waals surface area contributed by atoms with Crippen LogP contribution in [0.2, 0.25) is 0 Å². The van der Waals surface area contributed by atoms with Crippen LogP contribution in [0.4, 0.5) is 0 Å². The summed E-state index contributed by atoms with van der Waals surface area (Å²) >= 11 is 1.95. The molecule has 0 aromatic rings. The summed E-state index contributed by atoms with van der Waals surface area (Å²) in [4.78, 5) is 1.49. The van der Waals surface area contributed by atoms with Crippen LogP contribution in [0.1, 0.15) is 13.3 Å². The first-order valence-corrected chi connectivity index (χ1v) is 6.41. The molecular formula is C12H18O2S. The second-order valence-corrected chi connectivity index (χ2v) is 5.26. The fourth-order valence-electron chi connectivity index (χ4n) is 1.77. The molecule has 0 aromatic heterocycles. The van der Waals surface area contributed by atoms with Crippen molar-refractivity contribution in [1.82, 2.24) is 0 Å². The summed E-state index contributed by atoms with van der Waals surface area (Å²) in [6, 6.07) is 0. The standard InChI is InChI=1S/C12H18O2S/c1-9(5-11-7-14-11)12-4-3-10(6-13-2)8-15-12/h3-4,9,11H,5-8H2,1-2H3/t9?,11-/m1/s1. The molecular weight excluding hydrogens is 208 g/mol. The zero-order chi connectivity index (χ0) is 10.7. The molecule has 1 fully saturated rings. The van der Waals surface area contributed by atoms with Crippen LogP contribution < -0.4 is 0 Å². The van der Waals surface area contributed by atoms with Gasteiger partial charge in [0, 0.05) is 12.9 Å². The summed E-state index contributed by atoms with van der Waals surface area (Å²) in [5.41, 5.74) is 1.38. The van der Waals surface area contributed by atoms with Gasteiger partial charge in [0.1, 0.15) is 0 Å². The number of hydrogen-bond acceptors (Lipinski definition) is 3. The highest BCUT2D eigenvalue weighted by atomic mass is 32.2. The molecule has 3 heteroatoms. The van der Waals surface area contributed by atoms with Crippen molar-refractivity contribution in [3.63, 3.8) is 0 Å². The third kappa shape index (κ3) is 3.37. The third-order valence-corrected chi connectivity index (χ3v) is 4.13. The average Bonchev–Trinajstić information content (AvgIpc) is 3.03. The number of rotatable bonds is 5. The molecule has 0 amide bonds. The molecule has 0 radical (unpaired) electrons. The van der Waals surface area contributed by atoms with E-state index in [1.54, 1.807) is 7.11 Å². The van der Waals surface area contributed by atoms with Crippen LogP contribution in [0.5, 0.6) is 0 Å². The van der Waals surface area contributed by atoms with Crippen molar-refractivity contribution < 1.29 is 9.47 Å². The van der Waals surface area contributed by atoms with Gasteiger partial charge in [-0.3, -0.25) is 0 Å². The molecule has 2 atom stereocenters. The molecule has 0 saturated carbocycles. The van der Waals surface area contributed by atoms with Gasteiger partial charge < -0.3 is 9.47 Å². The number of ether oxygens (including phenoxy) is 2. The number of hydrogen-bond donors (Lipinski definition) is 0. The Morgan fingerprint density at radius 3 is 2.93 bits per heavy atom. The van der Waals surface area contributed by atoms with Gasteiger partial charge in [0.05, 0.1) is 19.3 Å². The maximum atomic E-state index is 5.26. The van der Waals surface area contributed by atoms with Gasteiger partial charge >= 0.3 is 0 Å². The molecule has 0 aliphatic carbocycles. The molecule has 84 valence electrons.